The molecule has 33 heavy (non-hydrogen) atoms. The molecule has 2 fully saturated rings. The van der Waals surface area contributed by atoms with Crippen LogP contribution in [0.1, 0.15) is 19.3 Å². The number of rotatable bonds is 5. The first-order chi connectivity index (χ1) is 16.1. The van der Waals surface area contributed by atoms with Crippen LogP contribution in [0.25, 0.3) is 11.1 Å². The first-order valence-corrected chi connectivity index (χ1v) is 11.2. The van der Waals surface area contributed by atoms with E-state index in [-0.39, 0.29) is 30.3 Å². The Morgan fingerprint density at radius 1 is 1.03 bits per heavy atom. The summed E-state index contributed by atoms with van der Waals surface area (Å²) in [5, 5.41) is 4.16. The fraction of sp³-hybridized carbons (Fsp3) is 0.375. The van der Waals surface area contributed by atoms with Crippen LogP contribution in [-0.4, -0.2) is 62.2 Å². The Hall–Kier alpha value is -3.75. The van der Waals surface area contributed by atoms with E-state index in [4.69, 9.17) is 4.74 Å². The van der Waals surface area contributed by atoms with E-state index in [2.05, 4.69) is 15.1 Å². The van der Waals surface area contributed by atoms with Gasteiger partial charge in [-0.05, 0) is 12.1 Å². The summed E-state index contributed by atoms with van der Waals surface area (Å²) in [6.45, 7) is 1.65. The number of carbonyl (C=O) groups excluding carboxylic acids is 2. The predicted octanol–water partition coefficient (Wildman–Crippen LogP) is 2.30. The second-order valence-electron chi connectivity index (χ2n) is 8.54. The molecule has 4 heterocycles. The molecule has 0 saturated carbocycles. The summed E-state index contributed by atoms with van der Waals surface area (Å²) in [5.74, 6) is -0.236. The molecule has 0 radical (unpaired) electrons. The number of likely N-dealkylation sites (tertiary alicyclic amines) is 1. The molecule has 3 aromatic rings. The maximum absolute atomic E-state index is 13.0. The van der Waals surface area contributed by atoms with E-state index < -0.39 is 0 Å². The molecule has 9 nitrogen and oxygen atoms in total. The minimum Gasteiger partial charge on any atom is -0.460 e. The molecule has 0 bridgehead atoms. The molecule has 5 rings (SSSR count). The van der Waals surface area contributed by atoms with Crippen molar-refractivity contribution in [3.05, 3.63) is 55.1 Å². The summed E-state index contributed by atoms with van der Waals surface area (Å²) < 4.78 is 7.69. The molecule has 2 aromatic heterocycles. The lowest BCUT2D eigenvalue weighted by Gasteiger charge is -2.33. The van der Waals surface area contributed by atoms with Crippen molar-refractivity contribution in [2.24, 2.45) is 13.0 Å². The Balaban J connectivity index is 1.13. The first kappa shape index (κ1) is 21.1. The second-order valence-corrected chi connectivity index (χ2v) is 8.54. The lowest BCUT2D eigenvalue weighted by molar-refractivity contribution is -0.137. The maximum Gasteiger partial charge on any atom is 0.316 e. The van der Waals surface area contributed by atoms with Crippen LogP contribution in [0, 0.1) is 5.92 Å². The zero-order valence-electron chi connectivity index (χ0n) is 18.5. The normalized spacial score (nSPS) is 19.2. The third-order valence-electron chi connectivity index (χ3n) is 6.23. The second kappa shape index (κ2) is 9.01. The van der Waals surface area contributed by atoms with Gasteiger partial charge in [0.05, 0.1) is 12.1 Å². The lowest BCUT2D eigenvalue weighted by Crippen LogP contribution is -2.45. The molecular weight excluding hydrogens is 420 g/mol. The molecule has 0 N–H and O–H groups in total. The van der Waals surface area contributed by atoms with Gasteiger partial charge in [-0.2, -0.15) is 5.10 Å². The monoisotopic (exact) mass is 446 g/mol. The first-order valence-electron chi connectivity index (χ1n) is 11.2. The van der Waals surface area contributed by atoms with Crippen LogP contribution in [0.3, 0.4) is 0 Å². The fourth-order valence-electron chi connectivity index (χ4n) is 4.43. The van der Waals surface area contributed by atoms with Crippen LogP contribution in [0.4, 0.5) is 5.69 Å². The number of amides is 2. The highest BCUT2D eigenvalue weighted by atomic mass is 16.5. The Morgan fingerprint density at radius 2 is 1.76 bits per heavy atom. The van der Waals surface area contributed by atoms with Crippen molar-refractivity contribution in [2.75, 3.05) is 24.5 Å². The van der Waals surface area contributed by atoms with E-state index >= 15 is 0 Å². The minimum absolute atomic E-state index is 0.00430. The van der Waals surface area contributed by atoms with Gasteiger partial charge in [0.2, 0.25) is 11.8 Å². The third-order valence-corrected chi connectivity index (χ3v) is 6.23. The van der Waals surface area contributed by atoms with Gasteiger partial charge in [0.25, 0.3) is 0 Å². The van der Waals surface area contributed by atoms with Gasteiger partial charge in [-0.3, -0.25) is 14.3 Å². The Labute approximate surface area is 192 Å². The number of anilines is 1. The number of aromatic nitrogens is 4. The number of carbonyl (C=O) groups is 2. The van der Waals surface area contributed by atoms with Crippen LogP contribution in [-0.2, 0) is 16.6 Å². The van der Waals surface area contributed by atoms with Gasteiger partial charge in [-0.25, -0.2) is 9.97 Å². The van der Waals surface area contributed by atoms with Crippen LogP contribution < -0.4 is 9.64 Å². The summed E-state index contributed by atoms with van der Waals surface area (Å²) in [6, 6.07) is 9.86. The molecule has 0 aliphatic carbocycles. The molecule has 1 atom stereocenters. The number of para-hydroxylation sites is 1. The lowest BCUT2D eigenvalue weighted by atomic mass is 10.0. The van der Waals surface area contributed by atoms with Crippen LogP contribution in [0.2, 0.25) is 0 Å². The van der Waals surface area contributed by atoms with Gasteiger partial charge in [0.15, 0.2) is 0 Å². The number of nitrogens with zero attached hydrogens (tertiary/aromatic N) is 6. The molecule has 2 amide bonds. The summed E-state index contributed by atoms with van der Waals surface area (Å²) in [5.41, 5.74) is 2.68. The van der Waals surface area contributed by atoms with Gasteiger partial charge in [0.1, 0.15) is 6.10 Å². The number of benzene rings is 1. The topological polar surface area (TPSA) is 93.5 Å². The van der Waals surface area contributed by atoms with E-state index in [1.165, 1.54) is 0 Å². The highest BCUT2D eigenvalue weighted by Gasteiger charge is 2.38. The summed E-state index contributed by atoms with van der Waals surface area (Å²) >= 11 is 0. The van der Waals surface area contributed by atoms with Crippen molar-refractivity contribution in [2.45, 2.75) is 25.4 Å². The molecule has 170 valence electrons. The molecule has 9 heteroatoms. The van der Waals surface area contributed by atoms with E-state index in [1.807, 2.05) is 48.5 Å². The predicted molar refractivity (Wildman–Crippen MR) is 121 cm³/mol. The largest absolute Gasteiger partial charge is 0.460 e. The van der Waals surface area contributed by atoms with Gasteiger partial charge in [-0.1, -0.05) is 18.2 Å². The van der Waals surface area contributed by atoms with Crippen molar-refractivity contribution < 1.29 is 14.3 Å². The van der Waals surface area contributed by atoms with Gasteiger partial charge < -0.3 is 14.5 Å². The van der Waals surface area contributed by atoms with Crippen LogP contribution in [0.5, 0.6) is 6.01 Å². The van der Waals surface area contributed by atoms with Crippen molar-refractivity contribution in [1.82, 2.24) is 24.6 Å². The Bertz CT molecular complexity index is 1120. The van der Waals surface area contributed by atoms with E-state index in [0.29, 0.717) is 38.5 Å². The van der Waals surface area contributed by atoms with Gasteiger partial charge in [0, 0.05) is 81.3 Å². The molecule has 2 aliphatic rings. The number of ether oxygens (including phenoxy) is 1. The molecule has 2 saturated heterocycles. The average Bonchev–Trinajstić information content (AvgIpc) is 3.46. The SMILES string of the molecule is Cn1cc(-c2cnc(OC3CCN(C(=O)C4CC(=O)N(c5ccccc5)C4)CC3)nc2)cn1. The van der Waals surface area contributed by atoms with Gasteiger partial charge in [-0.15, -0.1) is 0 Å². The van der Waals surface area contributed by atoms with Crippen LogP contribution in [0.15, 0.2) is 55.1 Å². The van der Waals surface area contributed by atoms with Crippen molar-refractivity contribution >= 4 is 17.5 Å². The van der Waals surface area contributed by atoms with Crippen LogP contribution >= 0.6 is 0 Å². The number of hydrogen-bond acceptors (Lipinski definition) is 6. The van der Waals surface area contributed by atoms with Gasteiger partial charge >= 0.3 is 6.01 Å². The van der Waals surface area contributed by atoms with Crippen molar-refractivity contribution in [3.8, 4) is 17.1 Å². The van der Waals surface area contributed by atoms with Crippen molar-refractivity contribution in [3.63, 3.8) is 0 Å². The fourth-order valence-corrected chi connectivity index (χ4v) is 4.43. The average molecular weight is 447 g/mol. The molecular formula is C24H26N6O3. The number of aryl methyl sites for hydroxylation is 1. The Kier molecular flexibility index (Phi) is 5.77. The molecule has 2 aliphatic heterocycles. The van der Waals surface area contributed by atoms with E-state index in [9.17, 15) is 9.59 Å². The summed E-state index contributed by atoms with van der Waals surface area (Å²) in [7, 11) is 1.86. The Morgan fingerprint density at radius 3 is 2.42 bits per heavy atom. The summed E-state index contributed by atoms with van der Waals surface area (Å²) in [6.07, 6.45) is 8.78. The number of piperidine rings is 1. The molecule has 1 aromatic carbocycles. The third kappa shape index (κ3) is 4.57. The highest BCUT2D eigenvalue weighted by molar-refractivity contribution is 6.00. The zero-order chi connectivity index (χ0) is 22.8. The molecule has 1 unspecified atom stereocenters. The standard InChI is InChI=1S/C24H26N6O3/c1-28-15-19(14-27-28)18-12-25-24(26-13-18)33-21-7-9-29(10-8-21)23(32)17-11-22(31)30(16-17)20-5-3-2-4-6-20/h2-6,12-15,17,21H,7-11,16H2,1H3. The van der Waals surface area contributed by atoms with E-state index in [0.717, 1.165) is 16.8 Å². The smallest absolute Gasteiger partial charge is 0.316 e. The molecule has 0 spiro atoms. The van der Waals surface area contributed by atoms with E-state index in [1.54, 1.807) is 28.2 Å². The minimum atomic E-state index is -0.293. The number of hydrogen-bond donors (Lipinski definition) is 0. The van der Waals surface area contributed by atoms with Crippen molar-refractivity contribution in [1.29, 1.82) is 0 Å². The highest BCUT2D eigenvalue weighted by Crippen LogP contribution is 2.27. The summed E-state index contributed by atoms with van der Waals surface area (Å²) in [4.78, 5) is 37.7. The maximum atomic E-state index is 13.0. The zero-order valence-corrected chi connectivity index (χ0v) is 18.5. The quantitative estimate of drug-likeness (QED) is 0.597.